The molecule has 0 aliphatic carbocycles. The van der Waals surface area contributed by atoms with Crippen molar-refractivity contribution < 1.29 is 19.7 Å². The summed E-state index contributed by atoms with van der Waals surface area (Å²) in [7, 11) is 0. The number of hydrogen-bond acceptors (Lipinski definition) is 4. The maximum Gasteiger partial charge on any atom is 0.357 e. The standard InChI is InChI=1S/C15H20N2O4/c1-2-3-8-21-10-11(18)9-17-13-7-5-4-6-12(13)14(16-17)15(19)20/h4-7,11,18H,2-3,8-10H2,1H3,(H,19,20). The fourth-order valence-electron chi connectivity index (χ4n) is 2.14. The first-order valence-corrected chi connectivity index (χ1v) is 7.08. The fraction of sp³-hybridized carbons (Fsp3) is 0.467. The van der Waals surface area contributed by atoms with Gasteiger partial charge >= 0.3 is 5.97 Å². The number of fused-ring (bicyclic) bond motifs is 1. The number of aliphatic hydroxyl groups is 1. The lowest BCUT2D eigenvalue weighted by molar-refractivity contribution is 0.0259. The Morgan fingerprint density at radius 3 is 2.90 bits per heavy atom. The van der Waals surface area contributed by atoms with Crippen molar-refractivity contribution in [2.75, 3.05) is 13.2 Å². The van der Waals surface area contributed by atoms with E-state index in [4.69, 9.17) is 9.84 Å². The molecule has 0 aliphatic rings. The van der Waals surface area contributed by atoms with Crippen LogP contribution in [0.4, 0.5) is 0 Å². The summed E-state index contributed by atoms with van der Waals surface area (Å²) in [6, 6.07) is 7.09. The van der Waals surface area contributed by atoms with Gasteiger partial charge in [0.2, 0.25) is 0 Å². The van der Waals surface area contributed by atoms with E-state index >= 15 is 0 Å². The summed E-state index contributed by atoms with van der Waals surface area (Å²) in [6.07, 6.45) is 1.29. The van der Waals surface area contributed by atoms with Gasteiger partial charge in [-0.1, -0.05) is 31.5 Å². The number of aromatic nitrogens is 2. The highest BCUT2D eigenvalue weighted by molar-refractivity contribution is 6.01. The lowest BCUT2D eigenvalue weighted by Crippen LogP contribution is -2.23. The van der Waals surface area contributed by atoms with Gasteiger partial charge in [0, 0.05) is 12.0 Å². The third kappa shape index (κ3) is 3.80. The van der Waals surface area contributed by atoms with E-state index in [-0.39, 0.29) is 18.8 Å². The number of carboxylic acid groups (broad SMARTS) is 1. The SMILES string of the molecule is CCCCOCC(O)Cn1nc(C(=O)O)c2ccccc21. The lowest BCUT2D eigenvalue weighted by Gasteiger charge is -2.12. The molecule has 114 valence electrons. The van der Waals surface area contributed by atoms with Gasteiger partial charge in [-0.2, -0.15) is 5.10 Å². The van der Waals surface area contributed by atoms with Crippen LogP contribution in [0.3, 0.4) is 0 Å². The van der Waals surface area contributed by atoms with Crippen molar-refractivity contribution in [1.29, 1.82) is 0 Å². The Labute approximate surface area is 123 Å². The molecule has 0 aliphatic heterocycles. The molecular weight excluding hydrogens is 272 g/mol. The number of aromatic carboxylic acids is 1. The van der Waals surface area contributed by atoms with Crippen LogP contribution >= 0.6 is 0 Å². The zero-order chi connectivity index (χ0) is 15.2. The summed E-state index contributed by atoms with van der Waals surface area (Å²) in [5, 5.41) is 23.8. The number of ether oxygens (including phenoxy) is 1. The van der Waals surface area contributed by atoms with Crippen molar-refractivity contribution in [3.8, 4) is 0 Å². The topological polar surface area (TPSA) is 84.6 Å². The van der Waals surface area contributed by atoms with E-state index in [0.717, 1.165) is 12.8 Å². The Balaban J connectivity index is 2.09. The third-order valence-corrected chi connectivity index (χ3v) is 3.20. The molecule has 0 fully saturated rings. The zero-order valence-electron chi connectivity index (χ0n) is 12.0. The molecule has 1 unspecified atom stereocenters. The van der Waals surface area contributed by atoms with Crippen LogP contribution in [0.2, 0.25) is 0 Å². The highest BCUT2D eigenvalue weighted by atomic mass is 16.5. The first-order valence-electron chi connectivity index (χ1n) is 7.08. The third-order valence-electron chi connectivity index (χ3n) is 3.20. The van der Waals surface area contributed by atoms with Crippen molar-refractivity contribution in [3.05, 3.63) is 30.0 Å². The molecule has 0 saturated carbocycles. The van der Waals surface area contributed by atoms with Gasteiger partial charge in [-0.05, 0) is 12.5 Å². The number of hydrogen-bond donors (Lipinski definition) is 2. The largest absolute Gasteiger partial charge is 0.476 e. The predicted octanol–water partition coefficient (Wildman–Crippen LogP) is 1.91. The van der Waals surface area contributed by atoms with Crippen molar-refractivity contribution in [3.63, 3.8) is 0 Å². The summed E-state index contributed by atoms with van der Waals surface area (Å²) < 4.78 is 6.89. The second-order valence-electron chi connectivity index (χ2n) is 4.94. The predicted molar refractivity (Wildman–Crippen MR) is 78.4 cm³/mol. The van der Waals surface area contributed by atoms with Crippen LogP contribution in [0.5, 0.6) is 0 Å². The molecule has 2 aromatic rings. The highest BCUT2D eigenvalue weighted by Gasteiger charge is 2.17. The molecule has 1 atom stereocenters. The molecule has 0 spiro atoms. The van der Waals surface area contributed by atoms with Crippen molar-refractivity contribution >= 4 is 16.9 Å². The lowest BCUT2D eigenvalue weighted by atomic mass is 10.2. The number of carboxylic acids is 1. The second-order valence-corrected chi connectivity index (χ2v) is 4.94. The van der Waals surface area contributed by atoms with E-state index in [1.807, 2.05) is 6.07 Å². The average Bonchev–Trinajstić information content (AvgIpc) is 2.83. The monoisotopic (exact) mass is 292 g/mol. The normalized spacial score (nSPS) is 12.7. The van der Waals surface area contributed by atoms with E-state index in [2.05, 4.69) is 12.0 Å². The Kier molecular flexibility index (Phi) is 5.30. The summed E-state index contributed by atoms with van der Waals surface area (Å²) in [5.74, 6) is -1.07. The molecule has 0 bridgehead atoms. The van der Waals surface area contributed by atoms with Gasteiger partial charge < -0.3 is 14.9 Å². The van der Waals surface area contributed by atoms with Crippen LogP contribution in [0.15, 0.2) is 24.3 Å². The number of rotatable bonds is 8. The number of nitrogens with zero attached hydrogens (tertiary/aromatic N) is 2. The maximum absolute atomic E-state index is 11.2. The van der Waals surface area contributed by atoms with Gasteiger partial charge in [0.05, 0.1) is 24.8 Å². The van der Waals surface area contributed by atoms with Crippen molar-refractivity contribution in [1.82, 2.24) is 9.78 Å². The van der Waals surface area contributed by atoms with Gasteiger partial charge in [-0.3, -0.25) is 4.68 Å². The van der Waals surface area contributed by atoms with Crippen LogP contribution in [0.25, 0.3) is 10.9 Å². The van der Waals surface area contributed by atoms with Gasteiger partial charge in [-0.15, -0.1) is 0 Å². The molecule has 2 N–H and O–H groups in total. The minimum absolute atomic E-state index is 0.00435. The van der Waals surface area contributed by atoms with Crippen LogP contribution in [0.1, 0.15) is 30.3 Å². The molecule has 2 rings (SSSR count). The van der Waals surface area contributed by atoms with Crippen molar-refractivity contribution in [2.24, 2.45) is 0 Å². The van der Waals surface area contributed by atoms with E-state index < -0.39 is 12.1 Å². The van der Waals surface area contributed by atoms with E-state index in [1.165, 1.54) is 4.68 Å². The zero-order valence-corrected chi connectivity index (χ0v) is 12.0. The summed E-state index contributed by atoms with van der Waals surface area (Å²) in [6.45, 7) is 3.12. The van der Waals surface area contributed by atoms with Crippen LogP contribution in [-0.4, -0.2) is 45.3 Å². The summed E-state index contributed by atoms with van der Waals surface area (Å²) >= 11 is 0. The highest BCUT2D eigenvalue weighted by Crippen LogP contribution is 2.18. The van der Waals surface area contributed by atoms with Gasteiger partial charge in [-0.25, -0.2) is 4.79 Å². The van der Waals surface area contributed by atoms with Crippen molar-refractivity contribution in [2.45, 2.75) is 32.4 Å². The number of aliphatic hydroxyl groups excluding tert-OH is 1. The molecule has 0 amide bonds. The van der Waals surface area contributed by atoms with Gasteiger partial charge in [0.25, 0.3) is 0 Å². The smallest absolute Gasteiger partial charge is 0.357 e. The summed E-state index contributed by atoms with van der Waals surface area (Å²) in [4.78, 5) is 11.2. The first-order chi connectivity index (χ1) is 10.1. The number of unbranched alkanes of at least 4 members (excludes halogenated alkanes) is 1. The molecule has 1 aromatic heterocycles. The van der Waals surface area contributed by atoms with Crippen LogP contribution in [-0.2, 0) is 11.3 Å². The molecule has 1 aromatic carbocycles. The second kappa shape index (κ2) is 7.19. The number of carbonyl (C=O) groups is 1. The van der Waals surface area contributed by atoms with Crippen LogP contribution < -0.4 is 0 Å². The Hall–Kier alpha value is -1.92. The van der Waals surface area contributed by atoms with E-state index in [0.29, 0.717) is 17.5 Å². The Bertz CT molecular complexity index is 609. The molecule has 0 radical (unpaired) electrons. The van der Waals surface area contributed by atoms with E-state index in [1.54, 1.807) is 18.2 Å². The molecule has 6 nitrogen and oxygen atoms in total. The van der Waals surface area contributed by atoms with Gasteiger partial charge in [0.1, 0.15) is 0 Å². The first kappa shape index (κ1) is 15.5. The van der Waals surface area contributed by atoms with E-state index in [9.17, 15) is 9.90 Å². The van der Waals surface area contributed by atoms with Gasteiger partial charge in [0.15, 0.2) is 5.69 Å². The molecule has 6 heteroatoms. The number of benzene rings is 1. The average molecular weight is 292 g/mol. The van der Waals surface area contributed by atoms with Crippen LogP contribution in [0, 0.1) is 0 Å². The Morgan fingerprint density at radius 2 is 2.19 bits per heavy atom. The molecule has 21 heavy (non-hydrogen) atoms. The minimum atomic E-state index is -1.07. The quantitative estimate of drug-likeness (QED) is 0.726. The molecule has 1 heterocycles. The summed E-state index contributed by atoms with van der Waals surface area (Å²) in [5.41, 5.74) is 0.701. The number of para-hydroxylation sites is 1. The maximum atomic E-state index is 11.2. The molecule has 0 saturated heterocycles. The fourth-order valence-corrected chi connectivity index (χ4v) is 2.14. The molecular formula is C15H20N2O4. The Morgan fingerprint density at radius 1 is 1.43 bits per heavy atom. The minimum Gasteiger partial charge on any atom is -0.476 e.